The lowest BCUT2D eigenvalue weighted by atomic mass is 10.2. The second kappa shape index (κ2) is 8.44. The maximum atomic E-state index is 11.8. The Balaban J connectivity index is 2.14. The minimum atomic E-state index is 0.267. The van der Waals surface area contributed by atoms with E-state index in [9.17, 15) is 4.79 Å². The van der Waals surface area contributed by atoms with Crippen molar-refractivity contribution in [1.29, 1.82) is 0 Å². The van der Waals surface area contributed by atoms with Gasteiger partial charge in [0.25, 0.3) is 0 Å². The summed E-state index contributed by atoms with van der Waals surface area (Å²) < 4.78 is 5.33. The van der Waals surface area contributed by atoms with Crippen molar-refractivity contribution in [1.82, 2.24) is 15.1 Å². The summed E-state index contributed by atoms with van der Waals surface area (Å²) in [5.41, 5.74) is 0. The molecule has 1 rings (SSSR count). The first-order valence-corrected chi connectivity index (χ1v) is 6.50. The molecule has 0 aromatic rings. The third kappa shape index (κ3) is 5.48. The van der Waals surface area contributed by atoms with E-state index >= 15 is 0 Å². The third-order valence-corrected chi connectivity index (χ3v) is 3.07. The highest BCUT2D eigenvalue weighted by molar-refractivity contribution is 5.76. The van der Waals surface area contributed by atoms with Crippen LogP contribution in [0.5, 0.6) is 0 Å². The van der Waals surface area contributed by atoms with E-state index in [2.05, 4.69) is 10.2 Å². The van der Waals surface area contributed by atoms with Gasteiger partial charge in [-0.3, -0.25) is 9.69 Å². The first-order chi connectivity index (χ1) is 8.27. The summed E-state index contributed by atoms with van der Waals surface area (Å²) in [5.74, 6) is 0.267. The monoisotopic (exact) mass is 243 g/mol. The third-order valence-electron chi connectivity index (χ3n) is 3.07. The topological polar surface area (TPSA) is 44.8 Å². The lowest BCUT2D eigenvalue weighted by Crippen LogP contribution is -2.49. The molecule has 1 N–H and O–H groups in total. The van der Waals surface area contributed by atoms with Crippen LogP contribution in [0, 0.1) is 0 Å². The van der Waals surface area contributed by atoms with E-state index in [0.29, 0.717) is 6.42 Å². The first-order valence-electron chi connectivity index (χ1n) is 6.50. The smallest absolute Gasteiger partial charge is 0.223 e. The summed E-state index contributed by atoms with van der Waals surface area (Å²) >= 11 is 0. The molecule has 0 saturated carbocycles. The van der Waals surface area contributed by atoms with Crippen LogP contribution in [0.3, 0.4) is 0 Å². The highest BCUT2D eigenvalue weighted by Crippen LogP contribution is 2.03. The van der Waals surface area contributed by atoms with Crippen LogP contribution < -0.4 is 5.32 Å². The number of carbonyl (C=O) groups is 1. The molecule has 1 heterocycles. The average molecular weight is 243 g/mol. The Morgan fingerprint density at radius 1 is 1.29 bits per heavy atom. The number of ether oxygens (including phenoxy) is 1. The molecule has 5 nitrogen and oxygen atoms in total. The van der Waals surface area contributed by atoms with Crippen molar-refractivity contribution in [3.8, 4) is 0 Å². The number of hydrogen-bond acceptors (Lipinski definition) is 4. The van der Waals surface area contributed by atoms with E-state index in [1.807, 2.05) is 18.9 Å². The average Bonchev–Trinajstić information content (AvgIpc) is 2.37. The maximum Gasteiger partial charge on any atom is 0.223 e. The van der Waals surface area contributed by atoms with Crippen molar-refractivity contribution in [2.45, 2.75) is 13.3 Å². The van der Waals surface area contributed by atoms with Gasteiger partial charge in [0.2, 0.25) is 5.91 Å². The predicted molar refractivity (Wildman–Crippen MR) is 68.1 cm³/mol. The Hall–Kier alpha value is -0.650. The van der Waals surface area contributed by atoms with Crippen LogP contribution in [0.2, 0.25) is 0 Å². The Labute approximate surface area is 104 Å². The van der Waals surface area contributed by atoms with E-state index in [-0.39, 0.29) is 5.91 Å². The molecule has 1 aliphatic heterocycles. The molecule has 0 spiro atoms. The Morgan fingerprint density at radius 2 is 2.00 bits per heavy atom. The van der Waals surface area contributed by atoms with E-state index < -0.39 is 0 Å². The largest absolute Gasteiger partial charge is 0.380 e. The molecule has 0 radical (unpaired) electrons. The molecule has 100 valence electrons. The van der Waals surface area contributed by atoms with Gasteiger partial charge in [-0.05, 0) is 14.0 Å². The van der Waals surface area contributed by atoms with Crippen LogP contribution in [-0.2, 0) is 9.53 Å². The van der Waals surface area contributed by atoms with Crippen LogP contribution in [0.1, 0.15) is 13.3 Å². The molecule has 0 aromatic heterocycles. The molecule has 0 unspecified atom stereocenters. The van der Waals surface area contributed by atoms with Gasteiger partial charge in [0, 0.05) is 52.3 Å². The maximum absolute atomic E-state index is 11.8. The highest BCUT2D eigenvalue weighted by Gasteiger charge is 2.19. The summed E-state index contributed by atoms with van der Waals surface area (Å²) in [4.78, 5) is 16.1. The van der Waals surface area contributed by atoms with Crippen LogP contribution in [0.15, 0.2) is 0 Å². The van der Waals surface area contributed by atoms with Crippen molar-refractivity contribution >= 4 is 5.91 Å². The van der Waals surface area contributed by atoms with Gasteiger partial charge < -0.3 is 15.0 Å². The molecule has 0 aromatic carbocycles. The van der Waals surface area contributed by atoms with Crippen molar-refractivity contribution in [2.24, 2.45) is 0 Å². The molecule has 5 heteroatoms. The Morgan fingerprint density at radius 3 is 2.59 bits per heavy atom. The van der Waals surface area contributed by atoms with Gasteiger partial charge in [0.1, 0.15) is 0 Å². The number of hydrogen-bond donors (Lipinski definition) is 1. The van der Waals surface area contributed by atoms with Crippen LogP contribution in [0.4, 0.5) is 0 Å². The minimum absolute atomic E-state index is 0.267. The van der Waals surface area contributed by atoms with Gasteiger partial charge in [0.05, 0.1) is 6.61 Å². The Kier molecular flexibility index (Phi) is 7.16. The van der Waals surface area contributed by atoms with Gasteiger partial charge in [0.15, 0.2) is 0 Å². The van der Waals surface area contributed by atoms with Gasteiger partial charge in [-0.1, -0.05) is 0 Å². The van der Waals surface area contributed by atoms with Crippen molar-refractivity contribution in [3.05, 3.63) is 0 Å². The summed E-state index contributed by atoms with van der Waals surface area (Å²) in [7, 11) is 1.87. The summed E-state index contributed by atoms with van der Waals surface area (Å²) in [5, 5.41) is 3.01. The van der Waals surface area contributed by atoms with Crippen molar-refractivity contribution in [3.63, 3.8) is 0 Å². The van der Waals surface area contributed by atoms with Gasteiger partial charge in [-0.2, -0.15) is 0 Å². The highest BCUT2D eigenvalue weighted by atomic mass is 16.5. The van der Waals surface area contributed by atoms with E-state index in [1.54, 1.807) is 0 Å². The van der Waals surface area contributed by atoms with Gasteiger partial charge >= 0.3 is 0 Å². The summed E-state index contributed by atoms with van der Waals surface area (Å²) in [6.45, 7) is 8.99. The molecular formula is C12H25N3O2. The number of nitrogens with one attached hydrogen (secondary N) is 1. The number of piperazine rings is 1. The van der Waals surface area contributed by atoms with Crippen LogP contribution in [0.25, 0.3) is 0 Å². The number of rotatable bonds is 7. The zero-order chi connectivity index (χ0) is 12.5. The molecule has 0 aliphatic carbocycles. The molecule has 0 bridgehead atoms. The Bertz CT molecular complexity index is 216. The molecule has 17 heavy (non-hydrogen) atoms. The standard InChI is InChI=1S/C12H25N3O2/c1-3-17-11-10-14-6-8-15(9-7-14)12(16)4-5-13-2/h13H,3-11H2,1-2H3. The number of carbonyl (C=O) groups excluding carboxylic acids is 1. The van der Waals surface area contributed by atoms with Gasteiger partial charge in [-0.15, -0.1) is 0 Å². The SMILES string of the molecule is CCOCCN1CCN(C(=O)CCNC)CC1. The minimum Gasteiger partial charge on any atom is -0.380 e. The molecule has 1 fully saturated rings. The molecule has 0 atom stereocenters. The fraction of sp³-hybridized carbons (Fsp3) is 0.917. The van der Waals surface area contributed by atoms with Crippen molar-refractivity contribution < 1.29 is 9.53 Å². The number of nitrogens with zero attached hydrogens (tertiary/aromatic N) is 2. The molecule has 1 aliphatic rings. The lowest BCUT2D eigenvalue weighted by molar-refractivity contribution is -0.132. The number of amides is 1. The summed E-state index contributed by atoms with van der Waals surface area (Å²) in [6, 6.07) is 0. The van der Waals surface area contributed by atoms with Crippen LogP contribution >= 0.6 is 0 Å². The van der Waals surface area contributed by atoms with E-state index in [0.717, 1.165) is 52.5 Å². The van der Waals surface area contributed by atoms with Gasteiger partial charge in [-0.25, -0.2) is 0 Å². The quantitative estimate of drug-likeness (QED) is 0.628. The second-order valence-electron chi connectivity index (χ2n) is 4.27. The van der Waals surface area contributed by atoms with Crippen LogP contribution in [-0.4, -0.2) is 75.2 Å². The molecule has 1 saturated heterocycles. The zero-order valence-corrected chi connectivity index (χ0v) is 11.1. The second-order valence-corrected chi connectivity index (χ2v) is 4.27. The normalized spacial score (nSPS) is 17.4. The zero-order valence-electron chi connectivity index (χ0n) is 11.1. The fourth-order valence-electron chi connectivity index (χ4n) is 1.95. The predicted octanol–water partition coefficient (Wildman–Crippen LogP) is -0.223. The van der Waals surface area contributed by atoms with Crippen molar-refractivity contribution in [2.75, 3.05) is 59.5 Å². The van der Waals surface area contributed by atoms with E-state index in [1.165, 1.54) is 0 Å². The van der Waals surface area contributed by atoms with E-state index in [4.69, 9.17) is 4.74 Å². The molecule has 1 amide bonds. The fourth-order valence-corrected chi connectivity index (χ4v) is 1.95. The first kappa shape index (κ1) is 14.4. The molecular weight excluding hydrogens is 218 g/mol. The summed E-state index contributed by atoms with van der Waals surface area (Å²) in [6.07, 6.45) is 0.607. The lowest BCUT2D eigenvalue weighted by Gasteiger charge is -2.34.